The molecule has 0 saturated carbocycles. The number of benzene rings is 1. The molecule has 17 heavy (non-hydrogen) atoms. The highest BCUT2D eigenvalue weighted by Gasteiger charge is 2.17. The molecule has 2 rings (SSSR count). The minimum absolute atomic E-state index is 0.0657. The molecule has 5 heteroatoms. The zero-order valence-electron chi connectivity index (χ0n) is 9.08. The largest absolute Gasteiger partial charge is 0.398 e. The zero-order chi connectivity index (χ0) is 12.3. The van der Waals surface area contributed by atoms with Gasteiger partial charge in [0, 0.05) is 12.4 Å². The number of para-hydroxylation sites is 1. The van der Waals surface area contributed by atoms with Gasteiger partial charge < -0.3 is 5.73 Å². The zero-order valence-corrected chi connectivity index (χ0v) is 9.89. The van der Waals surface area contributed by atoms with Crippen LogP contribution in [0.4, 0.5) is 5.69 Å². The van der Waals surface area contributed by atoms with Gasteiger partial charge in [-0.1, -0.05) is 12.1 Å². The monoisotopic (exact) mass is 248 g/mol. The van der Waals surface area contributed by atoms with Gasteiger partial charge in [-0.05, 0) is 29.8 Å². The van der Waals surface area contributed by atoms with Gasteiger partial charge in [0.15, 0.2) is 9.84 Å². The van der Waals surface area contributed by atoms with Crippen molar-refractivity contribution < 1.29 is 8.42 Å². The highest BCUT2D eigenvalue weighted by molar-refractivity contribution is 7.90. The van der Waals surface area contributed by atoms with Gasteiger partial charge in [0.25, 0.3) is 0 Å². The summed E-state index contributed by atoms with van der Waals surface area (Å²) in [7, 11) is -3.40. The van der Waals surface area contributed by atoms with Crippen LogP contribution in [-0.2, 0) is 15.6 Å². The summed E-state index contributed by atoms with van der Waals surface area (Å²) < 4.78 is 24.2. The van der Waals surface area contributed by atoms with Gasteiger partial charge in [-0.2, -0.15) is 0 Å². The lowest BCUT2D eigenvalue weighted by molar-refractivity contribution is 0.595. The number of nitrogens with two attached hydrogens (primary N) is 1. The van der Waals surface area contributed by atoms with Crippen molar-refractivity contribution in [3.63, 3.8) is 0 Å². The van der Waals surface area contributed by atoms with Gasteiger partial charge in [0.1, 0.15) is 0 Å². The number of aromatic nitrogens is 1. The second-order valence-corrected chi connectivity index (χ2v) is 5.61. The molecule has 0 fully saturated rings. The first-order valence-electron chi connectivity index (χ1n) is 5.06. The van der Waals surface area contributed by atoms with Crippen molar-refractivity contribution in [1.29, 1.82) is 0 Å². The lowest BCUT2D eigenvalue weighted by Crippen LogP contribution is -2.07. The maximum atomic E-state index is 12.1. The standard InChI is InChI=1S/C12H12N2O2S/c13-11-3-1-2-4-12(11)17(15,16)9-10-5-7-14-8-6-10/h1-8H,9,13H2. The maximum absolute atomic E-state index is 12.1. The van der Waals surface area contributed by atoms with E-state index in [2.05, 4.69) is 4.98 Å². The van der Waals surface area contributed by atoms with E-state index in [4.69, 9.17) is 5.73 Å². The van der Waals surface area contributed by atoms with Gasteiger partial charge in [-0.25, -0.2) is 8.42 Å². The third-order valence-electron chi connectivity index (χ3n) is 2.36. The third-order valence-corrected chi connectivity index (χ3v) is 4.12. The summed E-state index contributed by atoms with van der Waals surface area (Å²) in [4.78, 5) is 4.02. The van der Waals surface area contributed by atoms with Crippen LogP contribution in [0.1, 0.15) is 5.56 Å². The molecule has 0 aliphatic rings. The molecule has 0 spiro atoms. The summed E-state index contributed by atoms with van der Waals surface area (Å²) >= 11 is 0. The van der Waals surface area contributed by atoms with Gasteiger partial charge in [-0.3, -0.25) is 4.98 Å². The molecule has 4 nitrogen and oxygen atoms in total. The average molecular weight is 248 g/mol. The van der Waals surface area contributed by atoms with E-state index in [1.807, 2.05) is 0 Å². The predicted molar refractivity (Wildman–Crippen MR) is 66.0 cm³/mol. The number of hydrogen-bond donors (Lipinski definition) is 1. The van der Waals surface area contributed by atoms with E-state index in [0.717, 1.165) is 0 Å². The molecule has 1 aromatic carbocycles. The Morgan fingerprint density at radius 1 is 1.06 bits per heavy atom. The van der Waals surface area contributed by atoms with E-state index >= 15 is 0 Å². The van der Waals surface area contributed by atoms with E-state index in [1.54, 1.807) is 42.7 Å². The lowest BCUT2D eigenvalue weighted by Gasteiger charge is -2.06. The summed E-state index contributed by atoms with van der Waals surface area (Å²) in [5.41, 5.74) is 6.65. The average Bonchev–Trinajstić information content (AvgIpc) is 2.30. The van der Waals surface area contributed by atoms with Gasteiger partial charge in [-0.15, -0.1) is 0 Å². The first kappa shape index (κ1) is 11.6. The summed E-state index contributed by atoms with van der Waals surface area (Å²) in [5, 5.41) is 0. The molecule has 0 radical (unpaired) electrons. The van der Waals surface area contributed by atoms with Crippen LogP contribution in [-0.4, -0.2) is 13.4 Å². The normalized spacial score (nSPS) is 11.3. The van der Waals surface area contributed by atoms with Crippen LogP contribution >= 0.6 is 0 Å². The third kappa shape index (κ3) is 2.62. The van der Waals surface area contributed by atoms with Crippen LogP contribution in [0.3, 0.4) is 0 Å². The van der Waals surface area contributed by atoms with E-state index in [1.165, 1.54) is 6.07 Å². The van der Waals surface area contributed by atoms with Crippen LogP contribution in [0.25, 0.3) is 0 Å². The molecule has 88 valence electrons. The van der Waals surface area contributed by atoms with Crippen LogP contribution < -0.4 is 5.73 Å². The number of nitrogens with zero attached hydrogens (tertiary/aromatic N) is 1. The number of pyridine rings is 1. The molecule has 0 saturated heterocycles. The first-order valence-corrected chi connectivity index (χ1v) is 6.71. The highest BCUT2D eigenvalue weighted by atomic mass is 32.2. The molecule has 0 unspecified atom stereocenters. The van der Waals surface area contributed by atoms with Gasteiger partial charge >= 0.3 is 0 Å². The van der Waals surface area contributed by atoms with E-state index < -0.39 is 9.84 Å². The minimum atomic E-state index is -3.40. The lowest BCUT2D eigenvalue weighted by atomic mass is 10.3. The number of anilines is 1. The highest BCUT2D eigenvalue weighted by Crippen LogP contribution is 2.21. The number of hydrogen-bond acceptors (Lipinski definition) is 4. The second kappa shape index (κ2) is 4.55. The number of rotatable bonds is 3. The van der Waals surface area contributed by atoms with Crippen LogP contribution in [0.2, 0.25) is 0 Å². The predicted octanol–water partition coefficient (Wildman–Crippen LogP) is 1.64. The SMILES string of the molecule is Nc1ccccc1S(=O)(=O)Cc1ccncc1. The molecule has 2 aromatic rings. The smallest absolute Gasteiger partial charge is 0.184 e. The maximum Gasteiger partial charge on any atom is 0.184 e. The van der Waals surface area contributed by atoms with Crippen LogP contribution in [0.15, 0.2) is 53.7 Å². The van der Waals surface area contributed by atoms with E-state index in [9.17, 15) is 8.42 Å². The molecule has 0 atom stereocenters. The Bertz CT molecular complexity index is 609. The van der Waals surface area contributed by atoms with Gasteiger partial charge in [0.05, 0.1) is 16.3 Å². The minimum Gasteiger partial charge on any atom is -0.398 e. The Balaban J connectivity index is 2.36. The fourth-order valence-corrected chi connectivity index (χ4v) is 3.04. The topological polar surface area (TPSA) is 73.1 Å². The molecule has 0 bridgehead atoms. The molecular formula is C12H12N2O2S. The Hall–Kier alpha value is -1.88. The Morgan fingerprint density at radius 3 is 2.35 bits per heavy atom. The van der Waals surface area contributed by atoms with E-state index in [0.29, 0.717) is 5.56 Å². The van der Waals surface area contributed by atoms with E-state index in [-0.39, 0.29) is 16.3 Å². The Morgan fingerprint density at radius 2 is 1.71 bits per heavy atom. The molecule has 1 aromatic heterocycles. The first-order chi connectivity index (χ1) is 8.09. The molecule has 2 N–H and O–H groups in total. The summed E-state index contributed by atoms with van der Waals surface area (Å²) in [6.07, 6.45) is 3.14. The van der Waals surface area contributed by atoms with Crippen molar-refractivity contribution in [3.8, 4) is 0 Å². The molecular weight excluding hydrogens is 236 g/mol. The van der Waals surface area contributed by atoms with Crippen molar-refractivity contribution in [2.45, 2.75) is 10.6 Å². The fourth-order valence-electron chi connectivity index (χ4n) is 1.54. The molecule has 1 heterocycles. The molecule has 0 aliphatic carbocycles. The van der Waals surface area contributed by atoms with Crippen LogP contribution in [0, 0.1) is 0 Å². The van der Waals surface area contributed by atoms with Gasteiger partial charge in [0.2, 0.25) is 0 Å². The molecule has 0 aliphatic heterocycles. The summed E-state index contributed by atoms with van der Waals surface area (Å²) in [5.74, 6) is -0.0657. The fraction of sp³-hybridized carbons (Fsp3) is 0.0833. The van der Waals surface area contributed by atoms with Crippen molar-refractivity contribution in [2.75, 3.05) is 5.73 Å². The molecule has 0 amide bonds. The second-order valence-electron chi connectivity index (χ2n) is 3.65. The van der Waals surface area contributed by atoms with Crippen molar-refractivity contribution in [2.24, 2.45) is 0 Å². The quantitative estimate of drug-likeness (QED) is 0.838. The van der Waals surface area contributed by atoms with Crippen molar-refractivity contribution in [1.82, 2.24) is 4.98 Å². The number of nitrogen functional groups attached to an aromatic ring is 1. The number of sulfone groups is 1. The summed E-state index contributed by atoms with van der Waals surface area (Å²) in [6.45, 7) is 0. The Labute approximate surface area is 100 Å². The Kier molecular flexibility index (Phi) is 3.10. The summed E-state index contributed by atoms with van der Waals surface area (Å²) in [6, 6.07) is 9.83. The van der Waals surface area contributed by atoms with Crippen molar-refractivity contribution in [3.05, 3.63) is 54.4 Å². The van der Waals surface area contributed by atoms with Crippen molar-refractivity contribution >= 4 is 15.5 Å². The van der Waals surface area contributed by atoms with Crippen LogP contribution in [0.5, 0.6) is 0 Å².